The average molecular weight is 395 g/mol. The molecule has 2 aliphatic heterocycles. The summed E-state index contributed by atoms with van der Waals surface area (Å²) in [7, 11) is 4.78. The molecule has 2 atom stereocenters. The van der Waals surface area contributed by atoms with Gasteiger partial charge in [-0.15, -0.1) is 0 Å². The fourth-order valence-corrected chi connectivity index (χ4v) is 5.15. The first-order chi connectivity index (χ1) is 14.1. The van der Waals surface area contributed by atoms with Crippen LogP contribution in [-0.2, 0) is 6.54 Å². The lowest BCUT2D eigenvalue weighted by Crippen LogP contribution is -2.39. The van der Waals surface area contributed by atoms with Gasteiger partial charge < -0.3 is 24.4 Å². The number of hydrogen-bond acceptors (Lipinski definition) is 6. The number of benzene rings is 3. The average Bonchev–Trinajstić information content (AvgIpc) is 3.21. The summed E-state index contributed by atoms with van der Waals surface area (Å²) in [6, 6.07) is 7.62. The summed E-state index contributed by atoms with van der Waals surface area (Å²) in [6.07, 6.45) is 1.49. The Kier molecular flexibility index (Phi) is 4.22. The molecule has 0 aromatic heterocycles. The van der Waals surface area contributed by atoms with Gasteiger partial charge in [0.2, 0.25) is 0 Å². The summed E-state index contributed by atoms with van der Waals surface area (Å²) in [5, 5.41) is 25.6. The molecule has 0 spiro atoms. The highest BCUT2D eigenvalue weighted by Crippen LogP contribution is 2.48. The number of phenols is 1. The molecule has 0 bridgehead atoms. The van der Waals surface area contributed by atoms with E-state index < -0.39 is 6.10 Å². The fourth-order valence-electron chi connectivity index (χ4n) is 5.15. The molecular weight excluding hydrogens is 370 g/mol. The molecular formula is C23H25NO5. The van der Waals surface area contributed by atoms with Crippen LogP contribution >= 0.6 is 0 Å². The lowest BCUT2D eigenvalue weighted by Gasteiger charge is -2.37. The standard InChI is InChI=1S/C23H25NO5/c1-27-19-10-15-12(7-18(19)25)13-8-20(28-2)21(29-3)9-14(13)16-11-24-6-4-5-17(24)23(26)22(15)16/h7-10,17,23,25-26H,4-6,11H2,1-3H3/t17-,23+/m0/s1. The molecule has 2 heterocycles. The molecule has 2 aliphatic rings. The second kappa shape index (κ2) is 6.68. The normalized spacial score (nSPS) is 21.2. The Balaban J connectivity index is 1.94. The van der Waals surface area contributed by atoms with Gasteiger partial charge in [0.05, 0.1) is 27.4 Å². The lowest BCUT2D eigenvalue weighted by molar-refractivity contribution is 0.0552. The number of aliphatic hydroxyl groups is 1. The highest BCUT2D eigenvalue weighted by atomic mass is 16.5. The van der Waals surface area contributed by atoms with Crippen LogP contribution in [0.2, 0.25) is 0 Å². The summed E-state index contributed by atoms with van der Waals surface area (Å²) < 4.78 is 16.5. The zero-order valence-electron chi connectivity index (χ0n) is 16.9. The van der Waals surface area contributed by atoms with Crippen LogP contribution in [0, 0.1) is 0 Å². The van der Waals surface area contributed by atoms with Gasteiger partial charge >= 0.3 is 0 Å². The van der Waals surface area contributed by atoms with E-state index >= 15 is 0 Å². The van der Waals surface area contributed by atoms with Gasteiger partial charge in [-0.1, -0.05) is 0 Å². The van der Waals surface area contributed by atoms with E-state index in [4.69, 9.17) is 14.2 Å². The molecule has 6 nitrogen and oxygen atoms in total. The van der Waals surface area contributed by atoms with E-state index in [9.17, 15) is 10.2 Å². The minimum atomic E-state index is -0.588. The molecule has 29 heavy (non-hydrogen) atoms. The number of hydrogen-bond donors (Lipinski definition) is 2. The van der Waals surface area contributed by atoms with Crippen molar-refractivity contribution in [2.75, 3.05) is 27.9 Å². The van der Waals surface area contributed by atoms with Crippen LogP contribution < -0.4 is 14.2 Å². The van der Waals surface area contributed by atoms with Crippen LogP contribution in [0.1, 0.15) is 30.1 Å². The van der Waals surface area contributed by atoms with Gasteiger partial charge in [-0.05, 0) is 76.3 Å². The summed E-state index contributed by atoms with van der Waals surface area (Å²) in [6.45, 7) is 1.77. The molecule has 5 rings (SSSR count). The highest BCUT2D eigenvalue weighted by Gasteiger charge is 2.39. The number of methoxy groups -OCH3 is 3. The molecule has 0 saturated carbocycles. The SMILES string of the molecule is COc1cc2c3c(c4cc(OC)c(OC)cc4c2cc1O)CN1CCC[C@H]1[C@H]3O. The van der Waals surface area contributed by atoms with E-state index in [2.05, 4.69) is 4.90 Å². The molecule has 0 amide bonds. The Morgan fingerprint density at radius 1 is 0.862 bits per heavy atom. The maximum absolute atomic E-state index is 11.3. The first kappa shape index (κ1) is 18.3. The topological polar surface area (TPSA) is 71.4 Å². The van der Waals surface area contributed by atoms with Gasteiger partial charge in [0.15, 0.2) is 23.0 Å². The van der Waals surface area contributed by atoms with E-state index in [-0.39, 0.29) is 11.8 Å². The van der Waals surface area contributed by atoms with Crippen molar-refractivity contribution in [1.29, 1.82) is 0 Å². The van der Waals surface area contributed by atoms with Gasteiger partial charge in [-0.25, -0.2) is 0 Å². The zero-order chi connectivity index (χ0) is 20.3. The molecule has 0 unspecified atom stereocenters. The Hall–Kier alpha value is -2.70. The number of rotatable bonds is 3. The number of aliphatic hydroxyl groups excluding tert-OH is 1. The molecule has 0 radical (unpaired) electrons. The minimum absolute atomic E-state index is 0.0730. The largest absolute Gasteiger partial charge is 0.504 e. The first-order valence-corrected chi connectivity index (χ1v) is 9.90. The van der Waals surface area contributed by atoms with Crippen LogP contribution in [0.15, 0.2) is 24.3 Å². The summed E-state index contributed by atoms with van der Waals surface area (Å²) in [5.41, 5.74) is 2.04. The Labute approximate surface area is 169 Å². The van der Waals surface area contributed by atoms with Crippen molar-refractivity contribution in [3.8, 4) is 23.0 Å². The number of ether oxygens (including phenoxy) is 3. The third-order valence-electron chi connectivity index (χ3n) is 6.51. The monoisotopic (exact) mass is 395 g/mol. The molecule has 0 aliphatic carbocycles. The molecule has 3 aromatic carbocycles. The van der Waals surface area contributed by atoms with E-state index in [0.717, 1.165) is 58.6 Å². The number of fused-ring (bicyclic) bond motifs is 7. The smallest absolute Gasteiger partial charge is 0.161 e. The van der Waals surface area contributed by atoms with E-state index in [1.54, 1.807) is 20.3 Å². The van der Waals surface area contributed by atoms with Gasteiger partial charge in [0.1, 0.15) is 0 Å². The maximum atomic E-state index is 11.3. The van der Waals surface area contributed by atoms with Gasteiger partial charge in [-0.2, -0.15) is 0 Å². The van der Waals surface area contributed by atoms with Crippen molar-refractivity contribution < 1.29 is 24.4 Å². The predicted octanol–water partition coefficient (Wildman–Crippen LogP) is 3.74. The molecule has 3 aromatic rings. The molecule has 1 fully saturated rings. The van der Waals surface area contributed by atoms with Crippen LogP contribution in [0.5, 0.6) is 23.0 Å². The Morgan fingerprint density at radius 2 is 1.48 bits per heavy atom. The number of phenolic OH excluding ortho intramolecular Hbond substituents is 1. The molecule has 1 saturated heterocycles. The predicted molar refractivity (Wildman–Crippen MR) is 111 cm³/mol. The van der Waals surface area contributed by atoms with Gasteiger partial charge in [-0.3, -0.25) is 4.90 Å². The van der Waals surface area contributed by atoms with Crippen molar-refractivity contribution in [3.63, 3.8) is 0 Å². The summed E-state index contributed by atoms with van der Waals surface area (Å²) >= 11 is 0. The number of nitrogens with zero attached hydrogens (tertiary/aromatic N) is 1. The second-order valence-electron chi connectivity index (χ2n) is 7.84. The summed E-state index contributed by atoms with van der Waals surface area (Å²) in [4.78, 5) is 2.37. The molecule has 152 valence electrons. The fraction of sp³-hybridized carbons (Fsp3) is 0.391. The van der Waals surface area contributed by atoms with Crippen molar-refractivity contribution in [2.45, 2.75) is 31.5 Å². The summed E-state index contributed by atoms with van der Waals surface area (Å²) in [5.74, 6) is 1.76. The Bertz CT molecular complexity index is 1130. The van der Waals surface area contributed by atoms with Crippen LogP contribution in [0.3, 0.4) is 0 Å². The van der Waals surface area contributed by atoms with Crippen LogP contribution in [0.25, 0.3) is 21.5 Å². The van der Waals surface area contributed by atoms with E-state index in [1.807, 2.05) is 18.2 Å². The van der Waals surface area contributed by atoms with Crippen LogP contribution in [0.4, 0.5) is 0 Å². The Morgan fingerprint density at radius 3 is 2.17 bits per heavy atom. The van der Waals surface area contributed by atoms with E-state index in [1.165, 1.54) is 7.11 Å². The van der Waals surface area contributed by atoms with Crippen LogP contribution in [-0.4, -0.2) is 49.0 Å². The number of aromatic hydroxyl groups is 1. The molecule has 2 N–H and O–H groups in total. The van der Waals surface area contributed by atoms with Gasteiger partial charge in [0, 0.05) is 12.6 Å². The van der Waals surface area contributed by atoms with Crippen molar-refractivity contribution in [1.82, 2.24) is 4.90 Å². The lowest BCUT2D eigenvalue weighted by atomic mass is 9.83. The first-order valence-electron chi connectivity index (χ1n) is 9.90. The van der Waals surface area contributed by atoms with Crippen molar-refractivity contribution in [2.24, 2.45) is 0 Å². The quantitative estimate of drug-likeness (QED) is 0.659. The highest BCUT2D eigenvalue weighted by molar-refractivity contribution is 6.13. The van der Waals surface area contributed by atoms with E-state index in [0.29, 0.717) is 17.2 Å². The van der Waals surface area contributed by atoms with Crippen molar-refractivity contribution >= 4 is 21.5 Å². The second-order valence-corrected chi connectivity index (χ2v) is 7.84. The third-order valence-corrected chi connectivity index (χ3v) is 6.51. The minimum Gasteiger partial charge on any atom is -0.504 e. The van der Waals surface area contributed by atoms with Gasteiger partial charge in [0.25, 0.3) is 0 Å². The maximum Gasteiger partial charge on any atom is 0.161 e. The zero-order valence-corrected chi connectivity index (χ0v) is 16.9. The molecule has 6 heteroatoms. The third kappa shape index (κ3) is 2.56. The van der Waals surface area contributed by atoms with Crippen molar-refractivity contribution in [3.05, 3.63) is 35.4 Å².